The van der Waals surface area contributed by atoms with E-state index < -0.39 is 0 Å². The van der Waals surface area contributed by atoms with Gasteiger partial charge in [0.1, 0.15) is 5.82 Å². The maximum atomic E-state index is 9.69. The van der Waals surface area contributed by atoms with Gasteiger partial charge in [0.05, 0.1) is 17.7 Å². The Bertz CT molecular complexity index is 873. The van der Waals surface area contributed by atoms with Gasteiger partial charge in [-0.05, 0) is 30.9 Å². The molecule has 4 rings (SSSR count). The highest BCUT2D eigenvalue weighted by molar-refractivity contribution is 5.86. The number of hydrogen-bond donors (Lipinski definition) is 3. The molecular formula is C17H21N7O. The summed E-state index contributed by atoms with van der Waals surface area (Å²) in [4.78, 5) is 13.3. The summed E-state index contributed by atoms with van der Waals surface area (Å²) in [6.07, 6.45) is 5.52. The van der Waals surface area contributed by atoms with Crippen LogP contribution in [0.4, 0.5) is 11.8 Å². The van der Waals surface area contributed by atoms with E-state index >= 15 is 0 Å². The SMILES string of the molecule is Cn1ncc2c(N)nc(N[C@H](Cc3ccccn3)C3CC(O)C3)nc21. The molecule has 0 unspecified atom stereocenters. The van der Waals surface area contributed by atoms with Gasteiger partial charge in [-0.2, -0.15) is 15.1 Å². The highest BCUT2D eigenvalue weighted by Crippen LogP contribution is 2.33. The summed E-state index contributed by atoms with van der Waals surface area (Å²) in [6.45, 7) is 0. The zero-order valence-electron chi connectivity index (χ0n) is 14.0. The van der Waals surface area contributed by atoms with Gasteiger partial charge in [-0.3, -0.25) is 9.67 Å². The van der Waals surface area contributed by atoms with Crippen LogP contribution in [0.15, 0.2) is 30.6 Å². The number of aliphatic hydroxyl groups is 1. The molecule has 0 amide bonds. The number of nitrogen functional groups attached to an aromatic ring is 1. The highest BCUT2D eigenvalue weighted by Gasteiger charge is 2.34. The van der Waals surface area contributed by atoms with Crippen LogP contribution in [0.2, 0.25) is 0 Å². The predicted molar refractivity (Wildman–Crippen MR) is 94.8 cm³/mol. The minimum absolute atomic E-state index is 0.0865. The fraction of sp³-hybridized carbons (Fsp3) is 0.412. The molecule has 1 aliphatic carbocycles. The number of pyridine rings is 1. The van der Waals surface area contributed by atoms with E-state index in [1.807, 2.05) is 25.2 Å². The quantitative estimate of drug-likeness (QED) is 0.638. The van der Waals surface area contributed by atoms with Gasteiger partial charge >= 0.3 is 0 Å². The van der Waals surface area contributed by atoms with E-state index in [9.17, 15) is 5.11 Å². The van der Waals surface area contributed by atoms with Crippen LogP contribution < -0.4 is 11.1 Å². The lowest BCUT2D eigenvalue weighted by Crippen LogP contribution is -2.42. The number of anilines is 2. The van der Waals surface area contributed by atoms with Crippen LogP contribution in [-0.4, -0.2) is 42.0 Å². The van der Waals surface area contributed by atoms with Gasteiger partial charge in [0.2, 0.25) is 5.95 Å². The number of nitrogens with one attached hydrogen (secondary N) is 1. The minimum atomic E-state index is -0.219. The molecule has 1 fully saturated rings. The molecule has 0 spiro atoms. The normalized spacial score (nSPS) is 21.0. The van der Waals surface area contributed by atoms with Crippen LogP contribution in [0.3, 0.4) is 0 Å². The van der Waals surface area contributed by atoms with E-state index in [4.69, 9.17) is 5.73 Å². The number of nitrogens with two attached hydrogens (primary N) is 1. The number of fused-ring (bicyclic) bond motifs is 1. The third kappa shape index (κ3) is 3.12. The third-order valence-electron chi connectivity index (χ3n) is 4.81. The van der Waals surface area contributed by atoms with E-state index in [2.05, 4.69) is 25.4 Å². The predicted octanol–water partition coefficient (Wildman–Crippen LogP) is 1.13. The van der Waals surface area contributed by atoms with Crippen molar-refractivity contribution >= 4 is 22.8 Å². The van der Waals surface area contributed by atoms with Gasteiger partial charge in [-0.15, -0.1) is 0 Å². The summed E-state index contributed by atoms with van der Waals surface area (Å²) in [5.41, 5.74) is 7.74. The Labute approximate surface area is 145 Å². The van der Waals surface area contributed by atoms with Crippen molar-refractivity contribution in [3.05, 3.63) is 36.3 Å². The Morgan fingerprint density at radius 1 is 1.36 bits per heavy atom. The summed E-state index contributed by atoms with van der Waals surface area (Å²) >= 11 is 0. The zero-order chi connectivity index (χ0) is 17.4. The largest absolute Gasteiger partial charge is 0.393 e. The van der Waals surface area contributed by atoms with Gasteiger partial charge in [0, 0.05) is 31.4 Å². The molecule has 25 heavy (non-hydrogen) atoms. The molecule has 8 nitrogen and oxygen atoms in total. The summed E-state index contributed by atoms with van der Waals surface area (Å²) in [6, 6.07) is 5.97. The number of nitrogens with zero attached hydrogens (tertiary/aromatic N) is 5. The molecule has 8 heteroatoms. The van der Waals surface area contributed by atoms with Crippen molar-refractivity contribution in [3.8, 4) is 0 Å². The van der Waals surface area contributed by atoms with Gasteiger partial charge in [0.15, 0.2) is 5.65 Å². The lowest BCUT2D eigenvalue weighted by Gasteiger charge is -2.38. The van der Waals surface area contributed by atoms with Gasteiger partial charge < -0.3 is 16.2 Å². The molecule has 1 aliphatic rings. The Morgan fingerprint density at radius 3 is 2.92 bits per heavy atom. The van der Waals surface area contributed by atoms with Crippen LogP contribution in [0, 0.1) is 5.92 Å². The number of rotatable bonds is 5. The molecule has 0 aliphatic heterocycles. The molecule has 3 aromatic heterocycles. The molecule has 0 saturated heterocycles. The number of aromatic nitrogens is 5. The third-order valence-corrected chi connectivity index (χ3v) is 4.81. The van der Waals surface area contributed by atoms with Crippen molar-refractivity contribution in [2.75, 3.05) is 11.1 Å². The average Bonchev–Trinajstić information content (AvgIpc) is 2.94. The fourth-order valence-electron chi connectivity index (χ4n) is 3.31. The summed E-state index contributed by atoms with van der Waals surface area (Å²) < 4.78 is 1.68. The van der Waals surface area contributed by atoms with Gasteiger partial charge in [-0.1, -0.05) is 6.07 Å². The monoisotopic (exact) mass is 339 g/mol. The van der Waals surface area contributed by atoms with Gasteiger partial charge in [0.25, 0.3) is 0 Å². The topological polar surface area (TPSA) is 115 Å². The zero-order valence-corrected chi connectivity index (χ0v) is 14.0. The molecule has 3 aromatic rings. The molecule has 4 N–H and O–H groups in total. The first-order chi connectivity index (χ1) is 12.1. The van der Waals surface area contributed by atoms with Crippen molar-refractivity contribution in [1.29, 1.82) is 0 Å². The first-order valence-electron chi connectivity index (χ1n) is 8.40. The van der Waals surface area contributed by atoms with Gasteiger partial charge in [-0.25, -0.2) is 0 Å². The molecule has 0 bridgehead atoms. The summed E-state index contributed by atoms with van der Waals surface area (Å²) in [7, 11) is 1.83. The average molecular weight is 339 g/mol. The van der Waals surface area contributed by atoms with Crippen molar-refractivity contribution in [1.82, 2.24) is 24.7 Å². The summed E-state index contributed by atoms with van der Waals surface area (Å²) in [5, 5.41) is 18.0. The fourth-order valence-corrected chi connectivity index (χ4v) is 3.31. The van der Waals surface area contributed by atoms with Crippen LogP contribution in [0.25, 0.3) is 11.0 Å². The van der Waals surface area contributed by atoms with Crippen molar-refractivity contribution in [2.24, 2.45) is 13.0 Å². The van der Waals surface area contributed by atoms with E-state index in [1.165, 1.54) is 0 Å². The molecular weight excluding hydrogens is 318 g/mol. The Morgan fingerprint density at radius 2 is 2.20 bits per heavy atom. The second-order valence-corrected chi connectivity index (χ2v) is 6.60. The Balaban J connectivity index is 1.60. The van der Waals surface area contributed by atoms with Crippen LogP contribution >= 0.6 is 0 Å². The number of hydrogen-bond acceptors (Lipinski definition) is 7. The van der Waals surface area contributed by atoms with Crippen LogP contribution in [0.1, 0.15) is 18.5 Å². The van der Waals surface area contributed by atoms with E-state index in [1.54, 1.807) is 17.1 Å². The van der Waals surface area contributed by atoms with Crippen LogP contribution in [-0.2, 0) is 13.5 Å². The Kier molecular flexibility index (Phi) is 3.96. The first kappa shape index (κ1) is 15.8. The minimum Gasteiger partial charge on any atom is -0.393 e. The smallest absolute Gasteiger partial charge is 0.226 e. The standard InChI is InChI=1S/C17H21N7O/c1-24-16-13(9-20-24)15(18)22-17(23-16)21-14(10-6-12(25)7-10)8-11-4-2-3-5-19-11/h2-5,9-10,12,14,25H,6-8H2,1H3,(H3,18,21,22,23)/t10?,12?,14-/m1/s1. The lowest BCUT2D eigenvalue weighted by molar-refractivity contribution is 0.0340. The Hall–Kier alpha value is -2.74. The first-order valence-corrected chi connectivity index (χ1v) is 8.40. The van der Waals surface area contributed by atoms with Crippen LogP contribution in [0.5, 0.6) is 0 Å². The summed E-state index contributed by atoms with van der Waals surface area (Å²) in [5.74, 6) is 1.24. The highest BCUT2D eigenvalue weighted by atomic mass is 16.3. The maximum absolute atomic E-state index is 9.69. The lowest BCUT2D eigenvalue weighted by atomic mass is 9.76. The van der Waals surface area contributed by atoms with Crippen molar-refractivity contribution in [2.45, 2.75) is 31.4 Å². The van der Waals surface area contributed by atoms with Crippen molar-refractivity contribution < 1.29 is 5.11 Å². The molecule has 130 valence electrons. The molecule has 1 atom stereocenters. The van der Waals surface area contributed by atoms with Crippen molar-refractivity contribution in [3.63, 3.8) is 0 Å². The number of aryl methyl sites for hydroxylation is 1. The molecule has 0 aromatic carbocycles. The van der Waals surface area contributed by atoms with E-state index in [0.29, 0.717) is 23.3 Å². The second kappa shape index (κ2) is 6.29. The van der Waals surface area contributed by atoms with E-state index in [-0.39, 0.29) is 12.1 Å². The maximum Gasteiger partial charge on any atom is 0.226 e. The molecule has 1 saturated carbocycles. The number of aliphatic hydroxyl groups excluding tert-OH is 1. The second-order valence-electron chi connectivity index (χ2n) is 6.60. The molecule has 3 heterocycles. The van der Waals surface area contributed by atoms with E-state index in [0.717, 1.165) is 30.3 Å². The molecule has 0 radical (unpaired) electrons.